The van der Waals surface area contributed by atoms with Crippen molar-refractivity contribution in [2.75, 3.05) is 11.9 Å². The summed E-state index contributed by atoms with van der Waals surface area (Å²) in [6, 6.07) is 5.81. The minimum absolute atomic E-state index is 0.0501. The highest BCUT2D eigenvalue weighted by Gasteiger charge is 2.60. The molecule has 2 aromatic rings. The number of nitrogens with zero attached hydrogens (tertiary/aromatic N) is 1. The largest absolute Gasteiger partial charge is 0.494 e. The van der Waals surface area contributed by atoms with Crippen molar-refractivity contribution in [3.8, 4) is 5.75 Å². The second-order valence-corrected chi connectivity index (χ2v) is 9.53. The van der Waals surface area contributed by atoms with Crippen LogP contribution >= 0.6 is 11.3 Å². The SMILES string of the molecule is CCOc1ccc2nc(NC(=O)C34C[C@@H]5C[C@@H](CC(O)(C5)C3)C4)sc2c1. The minimum atomic E-state index is -0.624. The van der Waals surface area contributed by atoms with Gasteiger partial charge in [0.1, 0.15) is 5.75 Å². The van der Waals surface area contributed by atoms with E-state index in [-0.39, 0.29) is 5.91 Å². The van der Waals surface area contributed by atoms with E-state index in [1.54, 1.807) is 0 Å². The third-order valence-corrected chi connectivity index (χ3v) is 7.34. The third kappa shape index (κ3) is 2.62. The van der Waals surface area contributed by atoms with E-state index in [1.807, 2.05) is 25.1 Å². The Hall–Kier alpha value is -1.66. The fourth-order valence-electron chi connectivity index (χ4n) is 5.92. The lowest BCUT2D eigenvalue weighted by Crippen LogP contribution is -2.59. The van der Waals surface area contributed by atoms with Crippen molar-refractivity contribution in [2.45, 2.75) is 51.0 Å². The number of fused-ring (bicyclic) bond motifs is 1. The number of carbonyl (C=O) groups is 1. The molecule has 1 heterocycles. The average molecular weight is 372 g/mol. The molecule has 4 aliphatic rings. The van der Waals surface area contributed by atoms with Crippen molar-refractivity contribution < 1.29 is 14.6 Å². The van der Waals surface area contributed by atoms with Gasteiger partial charge in [0, 0.05) is 0 Å². The number of anilines is 1. The van der Waals surface area contributed by atoms with E-state index < -0.39 is 11.0 Å². The molecule has 0 radical (unpaired) electrons. The van der Waals surface area contributed by atoms with Crippen LogP contribution in [0.25, 0.3) is 10.2 Å². The molecule has 0 spiro atoms. The van der Waals surface area contributed by atoms with Gasteiger partial charge in [-0.25, -0.2) is 4.98 Å². The summed E-state index contributed by atoms with van der Waals surface area (Å²) in [5, 5.41) is 14.6. The molecular weight excluding hydrogens is 348 g/mol. The van der Waals surface area contributed by atoms with Crippen molar-refractivity contribution in [1.29, 1.82) is 0 Å². The van der Waals surface area contributed by atoms with Gasteiger partial charge in [0.15, 0.2) is 5.13 Å². The van der Waals surface area contributed by atoms with Crippen LogP contribution in [0.15, 0.2) is 18.2 Å². The Morgan fingerprint density at radius 2 is 2.12 bits per heavy atom. The minimum Gasteiger partial charge on any atom is -0.494 e. The number of hydrogen-bond donors (Lipinski definition) is 2. The molecule has 4 fully saturated rings. The first-order chi connectivity index (χ1) is 12.5. The summed E-state index contributed by atoms with van der Waals surface area (Å²) in [5.74, 6) is 1.87. The molecule has 4 aliphatic carbocycles. The van der Waals surface area contributed by atoms with E-state index >= 15 is 0 Å². The Labute approximate surface area is 156 Å². The number of nitrogens with one attached hydrogen (secondary N) is 1. The maximum absolute atomic E-state index is 13.2. The smallest absolute Gasteiger partial charge is 0.232 e. The van der Waals surface area contributed by atoms with Crippen LogP contribution in [0.2, 0.25) is 0 Å². The van der Waals surface area contributed by atoms with Gasteiger partial charge in [-0.15, -0.1) is 0 Å². The lowest BCUT2D eigenvalue weighted by Gasteiger charge is -2.59. The summed E-state index contributed by atoms with van der Waals surface area (Å²) in [5.41, 5.74) is -0.160. The van der Waals surface area contributed by atoms with Gasteiger partial charge in [-0.2, -0.15) is 0 Å². The quantitative estimate of drug-likeness (QED) is 0.852. The van der Waals surface area contributed by atoms with Gasteiger partial charge in [-0.1, -0.05) is 11.3 Å². The molecule has 138 valence electrons. The Bertz CT molecular complexity index is 863. The standard InChI is InChI=1S/C20H24N2O3S/c1-2-25-14-3-4-15-16(6-14)26-18(21-15)22-17(23)19-7-12-5-13(8-19)10-20(24,9-12)11-19/h3-4,6,12-13,24H,2,5,7-11H2,1H3,(H,21,22,23)/t12-,13+,19?,20?. The first-order valence-corrected chi connectivity index (χ1v) is 10.4. The van der Waals surface area contributed by atoms with Gasteiger partial charge in [0.05, 0.1) is 27.8 Å². The van der Waals surface area contributed by atoms with Gasteiger partial charge in [-0.3, -0.25) is 4.79 Å². The Morgan fingerprint density at radius 3 is 2.81 bits per heavy atom. The first kappa shape index (κ1) is 16.5. The predicted molar refractivity (Wildman–Crippen MR) is 101 cm³/mol. The number of hydrogen-bond acceptors (Lipinski definition) is 5. The number of amides is 1. The summed E-state index contributed by atoms with van der Waals surface area (Å²) < 4.78 is 6.55. The zero-order valence-corrected chi connectivity index (χ0v) is 15.8. The first-order valence-electron chi connectivity index (χ1n) is 9.54. The highest BCUT2D eigenvalue weighted by molar-refractivity contribution is 7.22. The molecule has 4 atom stereocenters. The molecule has 26 heavy (non-hydrogen) atoms. The van der Waals surface area contributed by atoms with E-state index in [0.717, 1.165) is 41.6 Å². The van der Waals surface area contributed by atoms with Crippen molar-refractivity contribution in [2.24, 2.45) is 17.3 Å². The molecule has 2 unspecified atom stereocenters. The molecule has 4 saturated carbocycles. The fourth-order valence-corrected chi connectivity index (χ4v) is 6.81. The van der Waals surface area contributed by atoms with Gasteiger partial charge in [0.25, 0.3) is 0 Å². The molecule has 1 aromatic carbocycles. The Kier molecular flexibility index (Phi) is 3.60. The highest BCUT2D eigenvalue weighted by Crippen LogP contribution is 2.61. The Balaban J connectivity index is 1.39. The molecule has 5 nitrogen and oxygen atoms in total. The lowest BCUT2D eigenvalue weighted by atomic mass is 9.47. The molecule has 2 N–H and O–H groups in total. The zero-order chi connectivity index (χ0) is 17.9. The van der Waals surface area contributed by atoms with E-state index in [0.29, 0.717) is 30.0 Å². The van der Waals surface area contributed by atoms with E-state index in [2.05, 4.69) is 10.3 Å². The highest BCUT2D eigenvalue weighted by atomic mass is 32.1. The zero-order valence-electron chi connectivity index (χ0n) is 15.0. The molecule has 0 saturated heterocycles. The van der Waals surface area contributed by atoms with Crippen LogP contribution in [0.5, 0.6) is 5.75 Å². The van der Waals surface area contributed by atoms with Crippen molar-refractivity contribution in [3.05, 3.63) is 18.2 Å². The number of rotatable bonds is 4. The summed E-state index contributed by atoms with van der Waals surface area (Å²) in [4.78, 5) is 17.7. The summed E-state index contributed by atoms with van der Waals surface area (Å²) in [7, 11) is 0. The van der Waals surface area contributed by atoms with E-state index in [4.69, 9.17) is 4.74 Å². The summed E-state index contributed by atoms with van der Waals surface area (Å²) in [6.07, 6.45) is 5.37. The number of aromatic nitrogens is 1. The predicted octanol–water partition coefficient (Wildman–Crippen LogP) is 3.96. The van der Waals surface area contributed by atoms with Crippen LogP contribution in [0.4, 0.5) is 5.13 Å². The van der Waals surface area contributed by atoms with Crippen LogP contribution in [0.1, 0.15) is 45.4 Å². The number of ether oxygens (including phenoxy) is 1. The summed E-state index contributed by atoms with van der Waals surface area (Å²) >= 11 is 1.48. The maximum Gasteiger partial charge on any atom is 0.232 e. The van der Waals surface area contributed by atoms with Crippen LogP contribution in [0, 0.1) is 17.3 Å². The second kappa shape index (κ2) is 5.67. The van der Waals surface area contributed by atoms with Gasteiger partial charge < -0.3 is 15.2 Å². The molecular formula is C20H24N2O3S. The molecule has 4 bridgehead atoms. The summed E-state index contributed by atoms with van der Waals surface area (Å²) in [6.45, 7) is 2.59. The number of thiazole rings is 1. The van der Waals surface area contributed by atoms with Crippen LogP contribution < -0.4 is 10.1 Å². The van der Waals surface area contributed by atoms with Crippen molar-refractivity contribution >= 4 is 32.6 Å². The maximum atomic E-state index is 13.2. The number of aliphatic hydroxyl groups is 1. The van der Waals surface area contributed by atoms with Crippen molar-refractivity contribution in [3.63, 3.8) is 0 Å². The van der Waals surface area contributed by atoms with Gasteiger partial charge >= 0.3 is 0 Å². The average Bonchev–Trinajstić information content (AvgIpc) is 2.94. The second-order valence-electron chi connectivity index (χ2n) is 8.50. The molecule has 6 rings (SSSR count). The number of benzene rings is 1. The van der Waals surface area contributed by atoms with Gasteiger partial charge in [-0.05, 0) is 75.5 Å². The van der Waals surface area contributed by atoms with Crippen molar-refractivity contribution in [1.82, 2.24) is 4.98 Å². The van der Waals surface area contributed by atoms with E-state index in [9.17, 15) is 9.90 Å². The fraction of sp³-hybridized carbons (Fsp3) is 0.600. The van der Waals surface area contributed by atoms with Gasteiger partial charge in [0.2, 0.25) is 5.91 Å². The molecule has 6 heteroatoms. The number of carbonyl (C=O) groups excluding carboxylic acids is 1. The van der Waals surface area contributed by atoms with E-state index in [1.165, 1.54) is 17.8 Å². The molecule has 1 aromatic heterocycles. The third-order valence-electron chi connectivity index (χ3n) is 6.40. The Morgan fingerprint density at radius 1 is 1.35 bits per heavy atom. The molecule has 0 aliphatic heterocycles. The normalized spacial score (nSPS) is 35.0. The lowest BCUT2D eigenvalue weighted by molar-refractivity contribution is -0.174. The van der Waals surface area contributed by atoms with Crippen LogP contribution in [0.3, 0.4) is 0 Å². The van der Waals surface area contributed by atoms with Crippen LogP contribution in [-0.2, 0) is 4.79 Å². The molecule has 1 amide bonds. The van der Waals surface area contributed by atoms with Crippen LogP contribution in [-0.4, -0.2) is 28.2 Å². The topological polar surface area (TPSA) is 71.5 Å². The monoisotopic (exact) mass is 372 g/mol.